The first-order valence-corrected chi connectivity index (χ1v) is 9.37. The van der Waals surface area contributed by atoms with E-state index < -0.39 is 0 Å². The third-order valence-electron chi connectivity index (χ3n) is 5.48. The van der Waals surface area contributed by atoms with Gasteiger partial charge in [-0.1, -0.05) is 36.4 Å². The number of hydrogen-bond donors (Lipinski definition) is 0. The van der Waals surface area contributed by atoms with Gasteiger partial charge in [0.2, 0.25) is 5.91 Å². The van der Waals surface area contributed by atoms with Gasteiger partial charge in [-0.05, 0) is 51.3 Å². The molecule has 0 bridgehead atoms. The number of likely N-dealkylation sites (N-methyl/N-ethyl adjacent to an activating group) is 1. The molecule has 0 N–H and O–H groups in total. The van der Waals surface area contributed by atoms with Gasteiger partial charge in [-0.15, -0.1) is 0 Å². The first-order valence-electron chi connectivity index (χ1n) is 9.37. The number of nitrogens with zero attached hydrogens (tertiary/aromatic N) is 2. The maximum atomic E-state index is 12.3. The summed E-state index contributed by atoms with van der Waals surface area (Å²) in [5, 5.41) is 0. The van der Waals surface area contributed by atoms with Crippen LogP contribution in [0.5, 0.6) is 0 Å². The van der Waals surface area contributed by atoms with E-state index >= 15 is 0 Å². The van der Waals surface area contributed by atoms with Gasteiger partial charge in [0.25, 0.3) is 0 Å². The highest BCUT2D eigenvalue weighted by atomic mass is 16.5. The molecule has 4 heteroatoms. The Morgan fingerprint density at radius 3 is 2.68 bits per heavy atom. The van der Waals surface area contributed by atoms with Crippen LogP contribution in [0.2, 0.25) is 0 Å². The second-order valence-corrected chi connectivity index (χ2v) is 7.62. The minimum absolute atomic E-state index is 0.0388. The summed E-state index contributed by atoms with van der Waals surface area (Å²) in [5.41, 5.74) is 1.39. The number of carbonyl (C=O) groups is 1. The van der Waals surface area contributed by atoms with Crippen LogP contribution >= 0.6 is 0 Å². The SMILES string of the molecule is CN(C)C/C=C/C(=O)N1CCC2(CC1)C[C@@H](c1ccccc1)CCO2. The second-order valence-electron chi connectivity index (χ2n) is 7.62. The van der Waals surface area contributed by atoms with Gasteiger partial charge in [0.1, 0.15) is 0 Å². The lowest BCUT2D eigenvalue weighted by Crippen LogP contribution is -2.50. The van der Waals surface area contributed by atoms with Crippen molar-refractivity contribution in [2.75, 3.05) is 40.3 Å². The van der Waals surface area contributed by atoms with E-state index in [0.29, 0.717) is 5.92 Å². The summed E-state index contributed by atoms with van der Waals surface area (Å²) in [6, 6.07) is 10.8. The number of likely N-dealkylation sites (tertiary alicyclic amines) is 1. The Hall–Kier alpha value is -1.65. The number of amides is 1. The minimum atomic E-state index is -0.0388. The van der Waals surface area contributed by atoms with Crippen molar-refractivity contribution in [2.24, 2.45) is 0 Å². The lowest BCUT2D eigenvalue weighted by Gasteiger charge is -2.46. The molecule has 2 aliphatic rings. The second kappa shape index (κ2) is 8.15. The summed E-state index contributed by atoms with van der Waals surface area (Å²) in [4.78, 5) is 16.3. The van der Waals surface area contributed by atoms with E-state index in [1.807, 2.05) is 25.1 Å². The van der Waals surface area contributed by atoms with E-state index in [-0.39, 0.29) is 11.5 Å². The molecule has 0 aliphatic carbocycles. The molecule has 1 amide bonds. The topological polar surface area (TPSA) is 32.8 Å². The Morgan fingerprint density at radius 2 is 2.00 bits per heavy atom. The molecule has 1 spiro atoms. The van der Waals surface area contributed by atoms with Crippen molar-refractivity contribution in [3.63, 3.8) is 0 Å². The van der Waals surface area contributed by atoms with Crippen LogP contribution in [0, 0.1) is 0 Å². The summed E-state index contributed by atoms with van der Waals surface area (Å²) in [6.07, 6.45) is 7.73. The summed E-state index contributed by atoms with van der Waals surface area (Å²) in [5.74, 6) is 0.712. The maximum Gasteiger partial charge on any atom is 0.246 e. The Balaban J connectivity index is 1.55. The Labute approximate surface area is 151 Å². The van der Waals surface area contributed by atoms with Gasteiger partial charge in [-0.2, -0.15) is 0 Å². The zero-order valence-electron chi connectivity index (χ0n) is 15.5. The van der Waals surface area contributed by atoms with Crippen molar-refractivity contribution in [3.8, 4) is 0 Å². The predicted molar refractivity (Wildman–Crippen MR) is 101 cm³/mol. The fourth-order valence-corrected chi connectivity index (χ4v) is 3.99. The molecule has 1 atom stereocenters. The minimum Gasteiger partial charge on any atom is -0.375 e. The molecule has 0 aromatic heterocycles. The van der Waals surface area contributed by atoms with E-state index in [2.05, 4.69) is 35.2 Å². The van der Waals surface area contributed by atoms with Crippen LogP contribution in [-0.2, 0) is 9.53 Å². The molecule has 1 aromatic rings. The standard InChI is InChI=1S/C21H30N2O2/c1-22(2)13-6-9-20(24)23-14-11-21(12-15-23)17-19(10-16-25-21)18-7-4-3-5-8-18/h3-9,19H,10-17H2,1-2H3/b9-6+/t19-/m0/s1. The Bertz CT molecular complexity index is 589. The fraction of sp³-hybridized carbons (Fsp3) is 0.571. The lowest BCUT2D eigenvalue weighted by molar-refractivity contribution is -0.140. The van der Waals surface area contributed by atoms with Gasteiger partial charge in [-0.3, -0.25) is 4.79 Å². The Kier molecular flexibility index (Phi) is 5.92. The van der Waals surface area contributed by atoms with Crippen LogP contribution in [0.1, 0.15) is 37.2 Å². The van der Waals surface area contributed by atoms with E-state index in [0.717, 1.165) is 51.9 Å². The summed E-state index contributed by atoms with van der Waals surface area (Å²) in [7, 11) is 4.01. The smallest absolute Gasteiger partial charge is 0.246 e. The molecule has 2 heterocycles. The first-order chi connectivity index (χ1) is 12.1. The van der Waals surface area contributed by atoms with E-state index in [4.69, 9.17) is 4.74 Å². The highest BCUT2D eigenvalue weighted by molar-refractivity contribution is 5.87. The summed E-state index contributed by atoms with van der Waals surface area (Å²) in [6.45, 7) is 3.22. The number of benzene rings is 1. The van der Waals surface area contributed by atoms with Gasteiger partial charge in [0.05, 0.1) is 5.60 Å². The molecular formula is C21H30N2O2. The highest BCUT2D eigenvalue weighted by Gasteiger charge is 2.41. The molecule has 0 radical (unpaired) electrons. The van der Waals surface area contributed by atoms with E-state index in [1.54, 1.807) is 6.08 Å². The van der Waals surface area contributed by atoms with Crippen molar-refractivity contribution in [1.29, 1.82) is 0 Å². The number of piperidine rings is 1. The average Bonchev–Trinajstić information content (AvgIpc) is 2.63. The molecule has 1 aromatic carbocycles. The van der Waals surface area contributed by atoms with Crippen molar-refractivity contribution in [3.05, 3.63) is 48.0 Å². The maximum absolute atomic E-state index is 12.3. The fourth-order valence-electron chi connectivity index (χ4n) is 3.99. The van der Waals surface area contributed by atoms with Gasteiger partial charge < -0.3 is 14.5 Å². The molecule has 25 heavy (non-hydrogen) atoms. The first kappa shape index (κ1) is 18.2. The Morgan fingerprint density at radius 1 is 1.28 bits per heavy atom. The highest BCUT2D eigenvalue weighted by Crippen LogP contribution is 2.41. The molecule has 2 saturated heterocycles. The largest absolute Gasteiger partial charge is 0.375 e. The molecule has 0 saturated carbocycles. The van der Waals surface area contributed by atoms with Crippen molar-refractivity contribution < 1.29 is 9.53 Å². The zero-order chi connectivity index (χ0) is 17.7. The molecule has 4 nitrogen and oxygen atoms in total. The zero-order valence-corrected chi connectivity index (χ0v) is 15.5. The van der Waals surface area contributed by atoms with Crippen LogP contribution in [-0.4, -0.2) is 61.6 Å². The number of rotatable bonds is 4. The van der Waals surface area contributed by atoms with E-state index in [9.17, 15) is 4.79 Å². The van der Waals surface area contributed by atoms with Crippen LogP contribution in [0.15, 0.2) is 42.5 Å². The van der Waals surface area contributed by atoms with Gasteiger partial charge in [0.15, 0.2) is 0 Å². The van der Waals surface area contributed by atoms with Gasteiger partial charge in [0, 0.05) is 32.3 Å². The summed E-state index contributed by atoms with van der Waals surface area (Å²) < 4.78 is 6.24. The third-order valence-corrected chi connectivity index (χ3v) is 5.48. The summed E-state index contributed by atoms with van der Waals surface area (Å²) >= 11 is 0. The van der Waals surface area contributed by atoms with Gasteiger partial charge in [-0.25, -0.2) is 0 Å². The quantitative estimate of drug-likeness (QED) is 0.789. The molecule has 2 fully saturated rings. The number of carbonyl (C=O) groups excluding carboxylic acids is 1. The van der Waals surface area contributed by atoms with Crippen LogP contribution in [0.25, 0.3) is 0 Å². The van der Waals surface area contributed by atoms with Crippen molar-refractivity contribution >= 4 is 5.91 Å². The third kappa shape index (κ3) is 4.71. The van der Waals surface area contributed by atoms with Crippen LogP contribution in [0.4, 0.5) is 0 Å². The van der Waals surface area contributed by atoms with Crippen molar-refractivity contribution in [1.82, 2.24) is 9.80 Å². The molecule has 2 aliphatic heterocycles. The normalized spacial score (nSPS) is 23.5. The van der Waals surface area contributed by atoms with Crippen LogP contribution < -0.4 is 0 Å². The van der Waals surface area contributed by atoms with Crippen molar-refractivity contribution in [2.45, 2.75) is 37.2 Å². The van der Waals surface area contributed by atoms with E-state index in [1.165, 1.54) is 5.56 Å². The average molecular weight is 342 g/mol. The molecule has 0 unspecified atom stereocenters. The molecule has 136 valence electrons. The van der Waals surface area contributed by atoms with Crippen LogP contribution in [0.3, 0.4) is 0 Å². The number of ether oxygens (including phenoxy) is 1. The molecule has 3 rings (SSSR count). The predicted octanol–water partition coefficient (Wildman–Crippen LogP) is 3.06. The lowest BCUT2D eigenvalue weighted by atomic mass is 9.77. The number of hydrogen-bond acceptors (Lipinski definition) is 3. The van der Waals surface area contributed by atoms with Gasteiger partial charge >= 0.3 is 0 Å². The molecular weight excluding hydrogens is 312 g/mol. The monoisotopic (exact) mass is 342 g/mol.